The minimum Gasteiger partial charge on any atom is -0.345 e. The molecule has 0 fully saturated rings. The number of fused-ring (bicyclic) bond motifs is 2. The van der Waals surface area contributed by atoms with Gasteiger partial charge in [0.05, 0.1) is 5.41 Å². The van der Waals surface area contributed by atoms with Gasteiger partial charge in [-0.3, -0.25) is 9.89 Å². The van der Waals surface area contributed by atoms with Crippen molar-refractivity contribution in [2.45, 2.75) is 64.3 Å². The number of nitrogens with two attached hydrogens (primary N) is 1. The van der Waals surface area contributed by atoms with Gasteiger partial charge in [-0.2, -0.15) is 5.10 Å². The van der Waals surface area contributed by atoms with Crippen LogP contribution in [0.1, 0.15) is 82.9 Å². The summed E-state index contributed by atoms with van der Waals surface area (Å²) < 4.78 is 0. The SMILES string of the molecule is Cc1ccc2c(c1)CCc1cc(C(=O)N(C)C)ccc1C2(C[C@@H](C)N)c1n[nH]c(C(C)C)n1. The number of nitrogens with zero attached hydrogens (tertiary/aromatic N) is 3. The van der Waals surface area contributed by atoms with Crippen LogP contribution in [0.4, 0.5) is 0 Å². The van der Waals surface area contributed by atoms with Crippen molar-refractivity contribution in [3.05, 3.63) is 81.4 Å². The van der Waals surface area contributed by atoms with Crippen LogP contribution in [0.15, 0.2) is 36.4 Å². The van der Waals surface area contributed by atoms with Gasteiger partial charge >= 0.3 is 0 Å². The fraction of sp³-hybridized carbons (Fsp3) is 0.444. The van der Waals surface area contributed by atoms with Crippen molar-refractivity contribution in [1.29, 1.82) is 0 Å². The van der Waals surface area contributed by atoms with Crippen molar-refractivity contribution in [2.75, 3.05) is 14.1 Å². The van der Waals surface area contributed by atoms with Crippen LogP contribution in [-0.2, 0) is 18.3 Å². The maximum Gasteiger partial charge on any atom is 0.253 e. The van der Waals surface area contributed by atoms with Gasteiger partial charge in [-0.25, -0.2) is 4.98 Å². The highest BCUT2D eigenvalue weighted by molar-refractivity contribution is 5.94. The van der Waals surface area contributed by atoms with E-state index in [1.54, 1.807) is 19.0 Å². The molecule has 6 heteroatoms. The van der Waals surface area contributed by atoms with Crippen molar-refractivity contribution in [1.82, 2.24) is 20.1 Å². The second-order valence-corrected chi connectivity index (χ2v) is 10.0. The number of benzene rings is 2. The fourth-order valence-corrected chi connectivity index (χ4v) is 5.13. The molecule has 0 spiro atoms. The second kappa shape index (κ2) is 8.75. The third kappa shape index (κ3) is 4.08. The Morgan fingerprint density at radius 3 is 2.30 bits per heavy atom. The van der Waals surface area contributed by atoms with Gasteiger partial charge in [-0.05, 0) is 67.5 Å². The number of aryl methyl sites for hydroxylation is 3. The Kier molecular flexibility index (Phi) is 6.14. The van der Waals surface area contributed by atoms with E-state index in [0.717, 1.165) is 35.6 Å². The first-order valence-electron chi connectivity index (χ1n) is 11.8. The van der Waals surface area contributed by atoms with E-state index in [1.165, 1.54) is 16.7 Å². The number of nitrogens with one attached hydrogen (secondary N) is 1. The molecular formula is C27H35N5O. The van der Waals surface area contributed by atoms with Crippen LogP contribution >= 0.6 is 0 Å². The first-order chi connectivity index (χ1) is 15.6. The average molecular weight is 446 g/mol. The lowest BCUT2D eigenvalue weighted by atomic mass is 9.68. The molecule has 0 radical (unpaired) electrons. The highest BCUT2D eigenvalue weighted by Crippen LogP contribution is 2.47. The number of amides is 1. The maximum absolute atomic E-state index is 12.7. The fourth-order valence-electron chi connectivity index (χ4n) is 5.13. The van der Waals surface area contributed by atoms with Gasteiger partial charge < -0.3 is 10.6 Å². The Morgan fingerprint density at radius 2 is 1.73 bits per heavy atom. The summed E-state index contributed by atoms with van der Waals surface area (Å²) in [5, 5.41) is 7.94. The lowest BCUT2D eigenvalue weighted by Crippen LogP contribution is -2.38. The lowest BCUT2D eigenvalue weighted by Gasteiger charge is -2.36. The van der Waals surface area contributed by atoms with Crippen molar-refractivity contribution >= 4 is 5.91 Å². The number of aromatic nitrogens is 3. The van der Waals surface area contributed by atoms with Gasteiger partial charge in [-0.1, -0.05) is 43.7 Å². The number of hydrogen-bond donors (Lipinski definition) is 2. The summed E-state index contributed by atoms with van der Waals surface area (Å²) >= 11 is 0. The Labute approximate surface area is 196 Å². The minimum absolute atomic E-state index is 0.00758. The first kappa shape index (κ1) is 23.2. The smallest absolute Gasteiger partial charge is 0.253 e. The number of rotatable bonds is 5. The molecule has 4 rings (SSSR count). The molecule has 174 valence electrons. The van der Waals surface area contributed by atoms with E-state index < -0.39 is 5.41 Å². The van der Waals surface area contributed by atoms with E-state index in [2.05, 4.69) is 56.2 Å². The number of H-pyrrole nitrogens is 1. The van der Waals surface area contributed by atoms with Crippen LogP contribution < -0.4 is 5.73 Å². The van der Waals surface area contributed by atoms with Gasteiger partial charge in [0, 0.05) is 31.6 Å². The quantitative estimate of drug-likeness (QED) is 0.619. The summed E-state index contributed by atoms with van der Waals surface area (Å²) in [4.78, 5) is 19.4. The number of carbonyl (C=O) groups excluding carboxylic acids is 1. The van der Waals surface area contributed by atoms with Crippen LogP contribution in [0.5, 0.6) is 0 Å². The number of hydrogen-bond acceptors (Lipinski definition) is 4. The van der Waals surface area contributed by atoms with Crippen molar-refractivity contribution < 1.29 is 4.79 Å². The molecule has 1 aliphatic carbocycles. The number of aromatic amines is 1. The molecule has 3 N–H and O–H groups in total. The predicted octanol–water partition coefficient (Wildman–Crippen LogP) is 4.11. The maximum atomic E-state index is 12.7. The van der Waals surface area contributed by atoms with Crippen LogP contribution in [0, 0.1) is 6.92 Å². The highest BCUT2D eigenvalue weighted by Gasteiger charge is 2.45. The Bertz CT molecular complexity index is 1180. The van der Waals surface area contributed by atoms with E-state index in [9.17, 15) is 4.79 Å². The summed E-state index contributed by atoms with van der Waals surface area (Å²) in [6.07, 6.45) is 2.42. The summed E-state index contributed by atoms with van der Waals surface area (Å²) in [6, 6.07) is 12.7. The van der Waals surface area contributed by atoms with E-state index >= 15 is 0 Å². The molecule has 2 atom stereocenters. The highest BCUT2D eigenvalue weighted by atomic mass is 16.2. The van der Waals surface area contributed by atoms with Crippen molar-refractivity contribution in [3.63, 3.8) is 0 Å². The standard InChI is InChI=1S/C27H35N5O/c1-16(2)24-29-26(31-30-24)27(15-18(4)28)22-11-7-17(3)13-19(22)8-9-20-14-21(10-12-23(20)27)25(33)32(5)6/h7,10-14,16,18H,8-9,15,28H2,1-6H3,(H,29,30,31)/t18-,27?/m1/s1. The van der Waals surface area contributed by atoms with Crippen LogP contribution in [0.3, 0.4) is 0 Å². The van der Waals surface area contributed by atoms with Gasteiger partial charge in [0.15, 0.2) is 5.82 Å². The Morgan fingerprint density at radius 1 is 1.09 bits per heavy atom. The lowest BCUT2D eigenvalue weighted by molar-refractivity contribution is 0.0827. The third-order valence-corrected chi connectivity index (χ3v) is 6.66. The van der Waals surface area contributed by atoms with Crippen LogP contribution in [0.25, 0.3) is 0 Å². The minimum atomic E-state index is -0.591. The molecule has 1 unspecified atom stereocenters. The molecule has 1 aliphatic rings. The Balaban J connectivity index is 2.04. The molecule has 33 heavy (non-hydrogen) atoms. The van der Waals surface area contributed by atoms with Crippen molar-refractivity contribution in [2.24, 2.45) is 5.73 Å². The van der Waals surface area contributed by atoms with Gasteiger partial charge in [0.2, 0.25) is 0 Å². The zero-order valence-electron chi connectivity index (χ0n) is 20.6. The molecule has 2 aromatic carbocycles. The topological polar surface area (TPSA) is 87.9 Å². The van der Waals surface area contributed by atoms with Gasteiger partial charge in [-0.15, -0.1) is 0 Å². The Hall–Kier alpha value is -2.99. The second-order valence-electron chi connectivity index (χ2n) is 10.0. The van der Waals surface area contributed by atoms with Gasteiger partial charge in [0.1, 0.15) is 5.82 Å². The molecule has 1 amide bonds. The van der Waals surface area contributed by atoms with Gasteiger partial charge in [0.25, 0.3) is 5.91 Å². The molecule has 0 aliphatic heterocycles. The normalized spacial score (nSPS) is 18.4. The van der Waals surface area contributed by atoms with Crippen LogP contribution in [0.2, 0.25) is 0 Å². The van der Waals surface area contributed by atoms with E-state index in [0.29, 0.717) is 12.0 Å². The molecule has 0 saturated carbocycles. The molecule has 3 aromatic rings. The number of carbonyl (C=O) groups is 1. The molecule has 6 nitrogen and oxygen atoms in total. The summed E-state index contributed by atoms with van der Waals surface area (Å²) in [6.45, 7) is 8.39. The van der Waals surface area contributed by atoms with E-state index in [1.807, 2.05) is 13.0 Å². The summed E-state index contributed by atoms with van der Waals surface area (Å²) in [5.41, 5.74) is 12.7. The first-order valence-corrected chi connectivity index (χ1v) is 11.8. The largest absolute Gasteiger partial charge is 0.345 e. The average Bonchev–Trinajstić information content (AvgIpc) is 3.22. The van der Waals surface area contributed by atoms with E-state index in [-0.39, 0.29) is 17.9 Å². The van der Waals surface area contributed by atoms with Crippen LogP contribution in [-0.4, -0.2) is 46.1 Å². The molecule has 0 saturated heterocycles. The van der Waals surface area contributed by atoms with Crippen molar-refractivity contribution in [3.8, 4) is 0 Å². The molecule has 0 bridgehead atoms. The summed E-state index contributed by atoms with van der Waals surface area (Å²) in [7, 11) is 3.57. The molecular weight excluding hydrogens is 410 g/mol. The molecule has 1 aromatic heterocycles. The summed E-state index contributed by atoms with van der Waals surface area (Å²) in [5.74, 6) is 1.87. The predicted molar refractivity (Wildman–Crippen MR) is 132 cm³/mol. The zero-order chi connectivity index (χ0) is 23.9. The zero-order valence-corrected chi connectivity index (χ0v) is 20.6. The monoisotopic (exact) mass is 445 g/mol. The molecule has 1 heterocycles. The third-order valence-electron chi connectivity index (χ3n) is 6.66. The van der Waals surface area contributed by atoms with E-state index in [4.69, 9.17) is 15.8 Å².